The summed E-state index contributed by atoms with van der Waals surface area (Å²) in [5.41, 5.74) is 0. The Labute approximate surface area is 71.8 Å². The highest BCUT2D eigenvalue weighted by Crippen LogP contribution is 2.51. The van der Waals surface area contributed by atoms with E-state index < -0.39 is 20.0 Å². The predicted octanol–water partition coefficient (Wildman–Crippen LogP) is 0.563. The largest absolute Gasteiger partial charge is 0.393 e. The monoisotopic (exact) mass is 198 g/mol. The molecule has 2 N–H and O–H groups in total. The van der Waals surface area contributed by atoms with Crippen LogP contribution in [0.15, 0.2) is 0 Å². The summed E-state index contributed by atoms with van der Waals surface area (Å²) in [6.07, 6.45) is 0. The van der Waals surface area contributed by atoms with Crippen LogP contribution in [0.2, 0.25) is 0 Å². The van der Waals surface area contributed by atoms with Crippen LogP contribution in [-0.2, 0) is 13.6 Å². The van der Waals surface area contributed by atoms with Crippen molar-refractivity contribution in [1.82, 2.24) is 0 Å². The highest BCUT2D eigenvalue weighted by atomic mass is 31.2. The highest BCUT2D eigenvalue weighted by Gasteiger charge is 2.33. The zero-order valence-electron chi connectivity index (χ0n) is 7.27. The summed E-state index contributed by atoms with van der Waals surface area (Å²) in [5.74, 6) is -1.45. The molecule has 0 radical (unpaired) electrons. The molecule has 0 rings (SSSR count). The van der Waals surface area contributed by atoms with E-state index in [9.17, 15) is 4.57 Å². The summed E-state index contributed by atoms with van der Waals surface area (Å²) in [6, 6.07) is 0. The van der Waals surface area contributed by atoms with Gasteiger partial charge in [0, 0.05) is 0 Å². The molecule has 0 unspecified atom stereocenters. The highest BCUT2D eigenvalue weighted by molar-refractivity contribution is 7.54. The summed E-state index contributed by atoms with van der Waals surface area (Å²) in [7, 11) is -3.50. The van der Waals surface area contributed by atoms with Crippen molar-refractivity contribution in [3.05, 3.63) is 0 Å². The first kappa shape index (κ1) is 12.1. The minimum absolute atomic E-state index is 0.175. The zero-order chi connectivity index (χ0) is 9.61. The Balaban J connectivity index is 4.27. The van der Waals surface area contributed by atoms with E-state index in [4.69, 9.17) is 19.3 Å². The molecular formula is C6H15O5P. The van der Waals surface area contributed by atoms with E-state index in [1.165, 1.54) is 0 Å². The zero-order valence-corrected chi connectivity index (χ0v) is 8.16. The van der Waals surface area contributed by atoms with E-state index in [1.54, 1.807) is 13.8 Å². The van der Waals surface area contributed by atoms with Crippen molar-refractivity contribution in [3.8, 4) is 0 Å². The van der Waals surface area contributed by atoms with Gasteiger partial charge in [0.1, 0.15) is 0 Å². The molecule has 0 aromatic heterocycles. The van der Waals surface area contributed by atoms with Gasteiger partial charge in [-0.05, 0) is 13.8 Å². The smallest absolute Gasteiger partial charge is 0.361 e. The van der Waals surface area contributed by atoms with Crippen molar-refractivity contribution in [2.24, 2.45) is 0 Å². The molecule has 0 bridgehead atoms. The summed E-state index contributed by atoms with van der Waals surface area (Å²) < 4.78 is 21.0. The molecule has 0 saturated heterocycles. The Hall–Kier alpha value is 0.0700. The lowest BCUT2D eigenvalue weighted by Crippen LogP contribution is -2.16. The molecule has 0 saturated carbocycles. The van der Waals surface area contributed by atoms with Gasteiger partial charge in [-0.1, -0.05) is 0 Å². The SMILES string of the molecule is CCOP(=O)(OCC)[C@H](O)CO. The normalized spacial score (nSPS) is 14.7. The summed E-state index contributed by atoms with van der Waals surface area (Å²) >= 11 is 0. The Morgan fingerprint density at radius 3 is 2.00 bits per heavy atom. The van der Waals surface area contributed by atoms with Crippen LogP contribution in [0.3, 0.4) is 0 Å². The summed E-state index contributed by atoms with van der Waals surface area (Å²) in [4.78, 5) is 0. The molecule has 0 spiro atoms. The molecule has 5 nitrogen and oxygen atoms in total. The Kier molecular flexibility index (Phi) is 5.70. The minimum Gasteiger partial charge on any atom is -0.393 e. The standard InChI is InChI=1S/C6H15O5P/c1-3-10-12(9,11-4-2)6(8)5-7/h6-8H,3-5H2,1-2H3/t6-/m0/s1. The molecule has 0 aliphatic rings. The predicted molar refractivity (Wildman–Crippen MR) is 44.0 cm³/mol. The van der Waals surface area contributed by atoms with Crippen LogP contribution in [0.25, 0.3) is 0 Å². The molecule has 0 aromatic carbocycles. The first-order valence-corrected chi connectivity index (χ1v) is 5.39. The molecule has 0 heterocycles. The van der Waals surface area contributed by atoms with E-state index >= 15 is 0 Å². The minimum atomic E-state index is -3.50. The van der Waals surface area contributed by atoms with E-state index in [0.717, 1.165) is 0 Å². The number of hydrogen-bond acceptors (Lipinski definition) is 5. The van der Waals surface area contributed by atoms with E-state index in [-0.39, 0.29) is 13.2 Å². The molecule has 6 heteroatoms. The molecule has 0 aliphatic carbocycles. The third-order valence-electron chi connectivity index (χ3n) is 1.15. The van der Waals surface area contributed by atoms with Gasteiger partial charge in [0.2, 0.25) is 0 Å². The Bertz CT molecular complexity index is 150. The topological polar surface area (TPSA) is 76.0 Å². The van der Waals surface area contributed by atoms with Gasteiger partial charge in [0.25, 0.3) is 0 Å². The van der Waals surface area contributed by atoms with Gasteiger partial charge in [-0.2, -0.15) is 0 Å². The van der Waals surface area contributed by atoms with Crippen molar-refractivity contribution < 1.29 is 23.8 Å². The molecule has 1 atom stereocenters. The fraction of sp³-hybridized carbons (Fsp3) is 1.00. The van der Waals surface area contributed by atoms with Crippen LogP contribution in [0.1, 0.15) is 13.8 Å². The van der Waals surface area contributed by atoms with Crippen LogP contribution < -0.4 is 0 Å². The third-order valence-corrected chi connectivity index (χ3v) is 3.28. The molecular weight excluding hydrogens is 183 g/mol. The van der Waals surface area contributed by atoms with Gasteiger partial charge in [0.15, 0.2) is 5.85 Å². The maximum absolute atomic E-state index is 11.5. The van der Waals surface area contributed by atoms with Crippen LogP contribution in [0, 0.1) is 0 Å². The van der Waals surface area contributed by atoms with Gasteiger partial charge in [-0.25, -0.2) is 0 Å². The second kappa shape index (κ2) is 5.67. The number of aliphatic hydroxyl groups is 2. The fourth-order valence-corrected chi connectivity index (χ4v) is 2.01. The van der Waals surface area contributed by atoms with Crippen molar-refractivity contribution in [1.29, 1.82) is 0 Å². The maximum Gasteiger partial charge on any atom is 0.361 e. The second-order valence-electron chi connectivity index (χ2n) is 2.04. The summed E-state index contributed by atoms with van der Waals surface area (Å²) in [5, 5.41) is 17.6. The van der Waals surface area contributed by atoms with Crippen LogP contribution in [-0.4, -0.2) is 35.9 Å². The second-order valence-corrected chi connectivity index (χ2v) is 4.23. The summed E-state index contributed by atoms with van der Waals surface area (Å²) in [6.45, 7) is 2.99. The molecule has 12 heavy (non-hydrogen) atoms. The Morgan fingerprint density at radius 1 is 1.33 bits per heavy atom. The third kappa shape index (κ3) is 3.21. The number of hydrogen-bond donors (Lipinski definition) is 2. The fourth-order valence-electron chi connectivity index (χ4n) is 0.669. The van der Waals surface area contributed by atoms with Gasteiger partial charge in [-0.3, -0.25) is 4.57 Å². The van der Waals surface area contributed by atoms with Crippen LogP contribution in [0.5, 0.6) is 0 Å². The average Bonchev–Trinajstić information content (AvgIpc) is 2.04. The van der Waals surface area contributed by atoms with E-state index in [2.05, 4.69) is 0 Å². The van der Waals surface area contributed by atoms with E-state index in [0.29, 0.717) is 0 Å². The van der Waals surface area contributed by atoms with Crippen molar-refractivity contribution in [2.75, 3.05) is 19.8 Å². The molecule has 0 aromatic rings. The van der Waals surface area contributed by atoms with Crippen molar-refractivity contribution in [2.45, 2.75) is 19.7 Å². The molecule has 74 valence electrons. The van der Waals surface area contributed by atoms with Crippen molar-refractivity contribution >= 4 is 7.60 Å². The first-order chi connectivity index (χ1) is 5.60. The maximum atomic E-state index is 11.5. The number of aliphatic hydroxyl groups excluding tert-OH is 2. The molecule has 0 aliphatic heterocycles. The van der Waals surface area contributed by atoms with Crippen LogP contribution in [0.4, 0.5) is 0 Å². The quantitative estimate of drug-likeness (QED) is 0.610. The Morgan fingerprint density at radius 2 is 1.75 bits per heavy atom. The lowest BCUT2D eigenvalue weighted by molar-refractivity contribution is 0.103. The van der Waals surface area contributed by atoms with Crippen LogP contribution >= 0.6 is 7.60 Å². The van der Waals surface area contributed by atoms with Crippen molar-refractivity contribution in [3.63, 3.8) is 0 Å². The average molecular weight is 198 g/mol. The van der Waals surface area contributed by atoms with E-state index in [1.807, 2.05) is 0 Å². The van der Waals surface area contributed by atoms with Gasteiger partial charge >= 0.3 is 7.60 Å². The molecule has 0 amide bonds. The lowest BCUT2D eigenvalue weighted by Gasteiger charge is -2.20. The lowest BCUT2D eigenvalue weighted by atomic mass is 10.8. The van der Waals surface area contributed by atoms with Gasteiger partial charge in [0.05, 0.1) is 19.8 Å². The number of rotatable bonds is 6. The molecule has 0 fully saturated rings. The van der Waals surface area contributed by atoms with Gasteiger partial charge < -0.3 is 19.3 Å². The van der Waals surface area contributed by atoms with Gasteiger partial charge in [-0.15, -0.1) is 0 Å². The first-order valence-electron chi connectivity index (χ1n) is 3.78.